The Kier molecular flexibility index (Phi) is 3.39. The average molecular weight is 213 g/mol. The Hall–Kier alpha value is -0.740. The van der Waals surface area contributed by atoms with Crippen molar-refractivity contribution < 1.29 is 9.53 Å². The van der Waals surface area contributed by atoms with Crippen LogP contribution in [0.15, 0.2) is 5.38 Å². The van der Waals surface area contributed by atoms with Crippen LogP contribution in [0.5, 0.6) is 0 Å². The zero-order valence-electron chi connectivity index (χ0n) is 8.90. The molecule has 0 saturated carbocycles. The van der Waals surface area contributed by atoms with E-state index in [9.17, 15) is 4.79 Å². The molecule has 1 rings (SSSR count). The van der Waals surface area contributed by atoms with E-state index in [2.05, 4.69) is 25.8 Å². The Bertz CT molecular complexity index is 314. The Balaban J connectivity index is 2.95. The zero-order valence-corrected chi connectivity index (χ0v) is 9.72. The number of carbonyl (C=O) groups is 1. The molecule has 0 bridgehead atoms. The minimum atomic E-state index is -0.0544. The molecule has 1 aromatic heterocycles. The van der Waals surface area contributed by atoms with Gasteiger partial charge in [0.25, 0.3) is 0 Å². The van der Waals surface area contributed by atoms with Crippen LogP contribution in [0.25, 0.3) is 0 Å². The third-order valence-electron chi connectivity index (χ3n) is 1.91. The smallest absolute Gasteiger partial charge is 0.169 e. The maximum Gasteiger partial charge on any atom is 0.169 e. The van der Waals surface area contributed by atoms with Crippen molar-refractivity contribution in [2.24, 2.45) is 5.41 Å². The number of rotatable bonds is 3. The molecule has 4 heteroatoms. The van der Waals surface area contributed by atoms with Crippen LogP contribution in [-0.2, 0) is 4.74 Å². The van der Waals surface area contributed by atoms with Crippen molar-refractivity contribution in [3.05, 3.63) is 16.1 Å². The summed E-state index contributed by atoms with van der Waals surface area (Å²) in [4.78, 5) is 14.7. The van der Waals surface area contributed by atoms with Gasteiger partial charge in [-0.3, -0.25) is 4.79 Å². The lowest BCUT2D eigenvalue weighted by molar-refractivity contribution is 0.0150. The number of ether oxygens (including phenoxy) is 1. The summed E-state index contributed by atoms with van der Waals surface area (Å²) in [7, 11) is 1.66. The van der Waals surface area contributed by atoms with E-state index in [4.69, 9.17) is 4.74 Å². The van der Waals surface area contributed by atoms with Gasteiger partial charge in [-0.25, -0.2) is 4.98 Å². The molecule has 1 atom stereocenters. The summed E-state index contributed by atoms with van der Waals surface area (Å²) < 4.78 is 5.39. The highest BCUT2D eigenvalue weighted by Crippen LogP contribution is 2.36. The lowest BCUT2D eigenvalue weighted by Crippen LogP contribution is -2.19. The monoisotopic (exact) mass is 213 g/mol. The fraction of sp³-hybridized carbons (Fsp3) is 0.600. The van der Waals surface area contributed by atoms with Crippen LogP contribution in [0.3, 0.4) is 0 Å². The molecule has 1 aromatic rings. The van der Waals surface area contributed by atoms with Crippen molar-refractivity contribution in [2.45, 2.75) is 26.9 Å². The van der Waals surface area contributed by atoms with Gasteiger partial charge in [-0.1, -0.05) is 20.8 Å². The first-order valence-corrected chi connectivity index (χ1v) is 5.30. The maximum absolute atomic E-state index is 10.5. The SMILES string of the molecule is COC(c1nc(C=O)cs1)C(C)(C)C. The van der Waals surface area contributed by atoms with Crippen molar-refractivity contribution in [1.82, 2.24) is 4.98 Å². The highest BCUT2D eigenvalue weighted by atomic mass is 32.1. The van der Waals surface area contributed by atoms with Crippen molar-refractivity contribution in [3.8, 4) is 0 Å². The van der Waals surface area contributed by atoms with E-state index in [0.29, 0.717) is 5.69 Å². The van der Waals surface area contributed by atoms with Gasteiger partial charge in [-0.2, -0.15) is 0 Å². The van der Waals surface area contributed by atoms with E-state index in [0.717, 1.165) is 11.3 Å². The number of hydrogen-bond donors (Lipinski definition) is 0. The fourth-order valence-corrected chi connectivity index (χ4v) is 2.38. The van der Waals surface area contributed by atoms with E-state index in [1.807, 2.05) is 0 Å². The van der Waals surface area contributed by atoms with E-state index < -0.39 is 0 Å². The van der Waals surface area contributed by atoms with Crippen LogP contribution in [-0.4, -0.2) is 18.4 Å². The summed E-state index contributed by atoms with van der Waals surface area (Å²) in [5.41, 5.74) is 0.476. The molecule has 0 aliphatic rings. The van der Waals surface area contributed by atoms with E-state index >= 15 is 0 Å². The van der Waals surface area contributed by atoms with Crippen molar-refractivity contribution in [2.75, 3.05) is 7.11 Å². The minimum Gasteiger partial charge on any atom is -0.374 e. The first-order chi connectivity index (χ1) is 6.49. The number of methoxy groups -OCH3 is 1. The zero-order chi connectivity index (χ0) is 10.8. The molecule has 0 amide bonds. The topological polar surface area (TPSA) is 39.2 Å². The third-order valence-corrected chi connectivity index (χ3v) is 2.81. The van der Waals surface area contributed by atoms with Gasteiger partial charge in [0.05, 0.1) is 0 Å². The standard InChI is InChI=1S/C10H15NO2S/c1-10(2,3)8(13-4)9-11-7(5-12)6-14-9/h5-6,8H,1-4H3. The van der Waals surface area contributed by atoms with Crippen LogP contribution in [0.1, 0.15) is 42.4 Å². The highest BCUT2D eigenvalue weighted by Gasteiger charge is 2.28. The number of nitrogens with zero attached hydrogens (tertiary/aromatic N) is 1. The summed E-state index contributed by atoms with van der Waals surface area (Å²) in [5.74, 6) is 0. The molecule has 0 radical (unpaired) electrons. The van der Waals surface area contributed by atoms with Gasteiger partial charge in [0, 0.05) is 12.5 Å². The predicted octanol–water partition coefficient (Wildman–Crippen LogP) is 2.69. The lowest BCUT2D eigenvalue weighted by atomic mass is 9.89. The summed E-state index contributed by atoms with van der Waals surface area (Å²) in [6.07, 6.45) is 0.705. The first kappa shape index (κ1) is 11.3. The van der Waals surface area contributed by atoms with Crippen LogP contribution in [0, 0.1) is 5.41 Å². The first-order valence-electron chi connectivity index (χ1n) is 4.42. The molecule has 78 valence electrons. The molecule has 3 nitrogen and oxygen atoms in total. The molecule has 0 N–H and O–H groups in total. The highest BCUT2D eigenvalue weighted by molar-refractivity contribution is 7.09. The molecule has 1 unspecified atom stereocenters. The van der Waals surface area contributed by atoms with E-state index in [-0.39, 0.29) is 11.5 Å². The van der Waals surface area contributed by atoms with Gasteiger partial charge in [0.15, 0.2) is 6.29 Å². The summed E-state index contributed by atoms with van der Waals surface area (Å²) >= 11 is 1.47. The second-order valence-electron chi connectivity index (χ2n) is 4.21. The Morgan fingerprint density at radius 1 is 1.57 bits per heavy atom. The van der Waals surface area contributed by atoms with E-state index in [1.165, 1.54) is 11.3 Å². The summed E-state index contributed by atoms with van der Waals surface area (Å²) in [6, 6.07) is 0. The normalized spacial score (nSPS) is 14.0. The van der Waals surface area contributed by atoms with Gasteiger partial charge in [-0.15, -0.1) is 11.3 Å². The summed E-state index contributed by atoms with van der Waals surface area (Å²) in [5, 5.41) is 2.61. The molecule has 14 heavy (non-hydrogen) atoms. The van der Waals surface area contributed by atoms with Crippen molar-refractivity contribution in [1.29, 1.82) is 0 Å². The Labute approximate surface area is 88.1 Å². The van der Waals surface area contributed by atoms with Gasteiger partial charge in [-0.05, 0) is 5.41 Å². The molecule has 0 aromatic carbocycles. The van der Waals surface area contributed by atoms with Crippen LogP contribution in [0.4, 0.5) is 0 Å². The third kappa shape index (κ3) is 2.39. The van der Waals surface area contributed by atoms with Crippen molar-refractivity contribution in [3.63, 3.8) is 0 Å². The van der Waals surface area contributed by atoms with Crippen LogP contribution >= 0.6 is 11.3 Å². The fourth-order valence-electron chi connectivity index (χ4n) is 1.30. The van der Waals surface area contributed by atoms with Crippen molar-refractivity contribution >= 4 is 17.6 Å². The van der Waals surface area contributed by atoms with Gasteiger partial charge >= 0.3 is 0 Å². The Morgan fingerprint density at radius 3 is 2.57 bits per heavy atom. The molecule has 0 aliphatic heterocycles. The maximum atomic E-state index is 10.5. The molecule has 1 heterocycles. The largest absolute Gasteiger partial charge is 0.374 e. The number of hydrogen-bond acceptors (Lipinski definition) is 4. The number of aromatic nitrogens is 1. The Morgan fingerprint density at radius 2 is 2.21 bits per heavy atom. The molecule has 0 spiro atoms. The average Bonchev–Trinajstić information content (AvgIpc) is 2.51. The number of aldehydes is 1. The second kappa shape index (κ2) is 4.19. The van der Waals surface area contributed by atoms with Crippen LogP contribution in [0.2, 0.25) is 0 Å². The van der Waals surface area contributed by atoms with Gasteiger partial charge < -0.3 is 4.74 Å². The molecule has 0 saturated heterocycles. The number of thiazole rings is 1. The molecule has 0 fully saturated rings. The van der Waals surface area contributed by atoms with Gasteiger partial charge in [0.1, 0.15) is 16.8 Å². The van der Waals surface area contributed by atoms with Gasteiger partial charge in [0.2, 0.25) is 0 Å². The lowest BCUT2D eigenvalue weighted by Gasteiger charge is -2.27. The molecular weight excluding hydrogens is 198 g/mol. The second-order valence-corrected chi connectivity index (χ2v) is 5.10. The van der Waals surface area contributed by atoms with E-state index in [1.54, 1.807) is 12.5 Å². The quantitative estimate of drug-likeness (QED) is 0.725. The molecular formula is C10H15NO2S. The van der Waals surface area contributed by atoms with Crippen LogP contribution < -0.4 is 0 Å². The minimum absolute atomic E-state index is 0.00718. The molecule has 0 aliphatic carbocycles. The summed E-state index contributed by atoms with van der Waals surface area (Å²) in [6.45, 7) is 6.26. The number of carbonyl (C=O) groups excluding carboxylic acids is 1. The predicted molar refractivity (Wildman–Crippen MR) is 56.7 cm³/mol.